The van der Waals surface area contributed by atoms with Crippen LogP contribution in [0.25, 0.3) is 0 Å². The number of aryl methyl sites for hydroxylation is 2. The molecule has 0 fully saturated rings. The molecule has 4 nitrogen and oxygen atoms in total. The minimum absolute atomic E-state index is 0.206. The predicted molar refractivity (Wildman–Crippen MR) is 103 cm³/mol. The van der Waals surface area contributed by atoms with Crippen molar-refractivity contribution in [2.45, 2.75) is 13.8 Å². The van der Waals surface area contributed by atoms with Crippen molar-refractivity contribution < 1.29 is 4.79 Å². The van der Waals surface area contributed by atoms with Crippen molar-refractivity contribution >= 4 is 34.6 Å². The van der Waals surface area contributed by atoms with Crippen LogP contribution in [0.4, 0.5) is 17.1 Å². The topological polar surface area (TPSA) is 54.0 Å². The standard InChI is InChI=1S/C20H18ClN3O/c1-13-7-8-18(14(2)9-13)24-20(25)15-10-16(12-22-11-15)23-19-6-4-3-5-17(19)21/h3-12,23H,1-2H3,(H,24,25). The number of halogens is 1. The Bertz CT molecular complexity index is 924. The molecule has 2 N–H and O–H groups in total. The smallest absolute Gasteiger partial charge is 0.257 e. The number of carbonyl (C=O) groups excluding carboxylic acids is 1. The lowest BCUT2D eigenvalue weighted by Gasteiger charge is -2.11. The number of amides is 1. The first kappa shape index (κ1) is 17.0. The summed E-state index contributed by atoms with van der Waals surface area (Å²) >= 11 is 6.15. The Kier molecular flexibility index (Phi) is 5.00. The minimum Gasteiger partial charge on any atom is -0.353 e. The Morgan fingerprint density at radius 2 is 1.80 bits per heavy atom. The molecule has 5 heteroatoms. The number of hydrogen-bond donors (Lipinski definition) is 2. The summed E-state index contributed by atoms with van der Waals surface area (Å²) in [5.74, 6) is -0.206. The first-order chi connectivity index (χ1) is 12.0. The number of carbonyl (C=O) groups is 1. The fraction of sp³-hybridized carbons (Fsp3) is 0.100. The molecule has 3 rings (SSSR count). The SMILES string of the molecule is Cc1ccc(NC(=O)c2cncc(Nc3ccccc3Cl)c2)c(C)c1. The van der Waals surface area contributed by atoms with Crippen LogP contribution in [0.15, 0.2) is 60.9 Å². The van der Waals surface area contributed by atoms with Crippen LogP contribution in [0.1, 0.15) is 21.5 Å². The number of para-hydroxylation sites is 1. The molecule has 0 unspecified atom stereocenters. The van der Waals surface area contributed by atoms with Crippen LogP contribution >= 0.6 is 11.6 Å². The van der Waals surface area contributed by atoms with Gasteiger partial charge in [0, 0.05) is 11.9 Å². The first-order valence-electron chi connectivity index (χ1n) is 7.88. The summed E-state index contributed by atoms with van der Waals surface area (Å²) in [5, 5.41) is 6.70. The molecule has 1 amide bonds. The van der Waals surface area contributed by atoms with Crippen molar-refractivity contribution in [3.8, 4) is 0 Å². The van der Waals surface area contributed by atoms with Gasteiger partial charge in [-0.25, -0.2) is 0 Å². The number of aromatic nitrogens is 1. The molecule has 0 aliphatic rings. The molecule has 0 saturated carbocycles. The quantitative estimate of drug-likeness (QED) is 0.666. The second kappa shape index (κ2) is 7.36. The summed E-state index contributed by atoms with van der Waals surface area (Å²) in [6.45, 7) is 3.99. The number of nitrogens with zero attached hydrogens (tertiary/aromatic N) is 1. The lowest BCUT2D eigenvalue weighted by atomic mass is 10.1. The van der Waals surface area contributed by atoms with Gasteiger partial charge in [0.2, 0.25) is 0 Å². The first-order valence-corrected chi connectivity index (χ1v) is 8.26. The van der Waals surface area contributed by atoms with Crippen LogP contribution in [0.3, 0.4) is 0 Å². The fourth-order valence-electron chi connectivity index (χ4n) is 2.50. The molecule has 0 spiro atoms. The van der Waals surface area contributed by atoms with E-state index in [-0.39, 0.29) is 5.91 Å². The van der Waals surface area contributed by atoms with E-state index in [0.717, 1.165) is 22.5 Å². The van der Waals surface area contributed by atoms with E-state index in [1.165, 1.54) is 6.20 Å². The number of hydrogen-bond acceptors (Lipinski definition) is 3. The van der Waals surface area contributed by atoms with E-state index < -0.39 is 0 Å². The molecular formula is C20H18ClN3O. The molecule has 3 aromatic rings. The maximum atomic E-state index is 12.5. The van der Waals surface area contributed by atoms with E-state index in [0.29, 0.717) is 16.3 Å². The molecule has 1 heterocycles. The van der Waals surface area contributed by atoms with Gasteiger partial charge in [-0.15, -0.1) is 0 Å². The highest BCUT2D eigenvalue weighted by molar-refractivity contribution is 6.33. The summed E-state index contributed by atoms with van der Waals surface area (Å²) < 4.78 is 0. The van der Waals surface area contributed by atoms with E-state index in [2.05, 4.69) is 15.6 Å². The van der Waals surface area contributed by atoms with E-state index in [9.17, 15) is 4.79 Å². The van der Waals surface area contributed by atoms with Crippen molar-refractivity contribution in [1.29, 1.82) is 0 Å². The highest BCUT2D eigenvalue weighted by Crippen LogP contribution is 2.25. The molecule has 0 aliphatic carbocycles. The average molecular weight is 352 g/mol. The van der Waals surface area contributed by atoms with Gasteiger partial charge in [0.1, 0.15) is 0 Å². The van der Waals surface area contributed by atoms with E-state index in [4.69, 9.17) is 11.6 Å². The molecule has 1 aromatic heterocycles. The molecule has 0 aliphatic heterocycles. The second-order valence-electron chi connectivity index (χ2n) is 5.84. The number of nitrogens with one attached hydrogen (secondary N) is 2. The molecular weight excluding hydrogens is 334 g/mol. The van der Waals surface area contributed by atoms with Crippen LogP contribution in [0, 0.1) is 13.8 Å². The number of benzene rings is 2. The predicted octanol–water partition coefficient (Wildman–Crippen LogP) is 5.35. The highest BCUT2D eigenvalue weighted by Gasteiger charge is 2.10. The van der Waals surface area contributed by atoms with Gasteiger partial charge in [-0.3, -0.25) is 9.78 Å². The van der Waals surface area contributed by atoms with Crippen molar-refractivity contribution in [3.05, 3.63) is 82.6 Å². The third-order valence-electron chi connectivity index (χ3n) is 3.78. The minimum atomic E-state index is -0.206. The summed E-state index contributed by atoms with van der Waals surface area (Å²) in [6, 6.07) is 15.1. The summed E-state index contributed by atoms with van der Waals surface area (Å²) in [5.41, 5.74) is 4.89. The van der Waals surface area contributed by atoms with Gasteiger partial charge >= 0.3 is 0 Å². The van der Waals surface area contributed by atoms with Crippen LogP contribution in [-0.4, -0.2) is 10.9 Å². The van der Waals surface area contributed by atoms with Gasteiger partial charge in [-0.05, 0) is 43.7 Å². The zero-order valence-electron chi connectivity index (χ0n) is 14.0. The Morgan fingerprint density at radius 1 is 1.00 bits per heavy atom. The fourth-order valence-corrected chi connectivity index (χ4v) is 2.68. The molecule has 0 bridgehead atoms. The molecule has 126 valence electrons. The highest BCUT2D eigenvalue weighted by atomic mass is 35.5. The zero-order chi connectivity index (χ0) is 17.8. The molecule has 0 atom stereocenters. The number of anilines is 3. The van der Waals surface area contributed by atoms with Crippen LogP contribution in [0.2, 0.25) is 5.02 Å². The van der Waals surface area contributed by atoms with Crippen LogP contribution in [-0.2, 0) is 0 Å². The molecule has 0 saturated heterocycles. The summed E-state index contributed by atoms with van der Waals surface area (Å²) in [7, 11) is 0. The molecule has 25 heavy (non-hydrogen) atoms. The normalized spacial score (nSPS) is 10.4. The van der Waals surface area contributed by atoms with Crippen molar-refractivity contribution in [2.75, 3.05) is 10.6 Å². The Hall–Kier alpha value is -2.85. The van der Waals surface area contributed by atoms with Gasteiger partial charge in [0.15, 0.2) is 0 Å². The third-order valence-corrected chi connectivity index (χ3v) is 4.11. The van der Waals surface area contributed by atoms with E-state index >= 15 is 0 Å². The van der Waals surface area contributed by atoms with Gasteiger partial charge < -0.3 is 10.6 Å². The summed E-state index contributed by atoms with van der Waals surface area (Å²) in [6.07, 6.45) is 3.19. The lowest BCUT2D eigenvalue weighted by Crippen LogP contribution is -2.13. The maximum Gasteiger partial charge on any atom is 0.257 e. The summed E-state index contributed by atoms with van der Waals surface area (Å²) in [4.78, 5) is 16.7. The van der Waals surface area contributed by atoms with Crippen LogP contribution < -0.4 is 10.6 Å². The Labute approximate surface area is 151 Å². The second-order valence-corrected chi connectivity index (χ2v) is 6.25. The largest absolute Gasteiger partial charge is 0.353 e. The lowest BCUT2D eigenvalue weighted by molar-refractivity contribution is 0.102. The molecule has 2 aromatic carbocycles. The Balaban J connectivity index is 1.79. The maximum absolute atomic E-state index is 12.5. The van der Waals surface area contributed by atoms with Gasteiger partial charge in [-0.1, -0.05) is 41.4 Å². The monoisotopic (exact) mass is 351 g/mol. The van der Waals surface area contributed by atoms with Crippen molar-refractivity contribution in [3.63, 3.8) is 0 Å². The van der Waals surface area contributed by atoms with Gasteiger partial charge in [0.05, 0.1) is 28.2 Å². The average Bonchev–Trinajstić information content (AvgIpc) is 2.60. The van der Waals surface area contributed by atoms with E-state index in [1.807, 2.05) is 50.2 Å². The van der Waals surface area contributed by atoms with Crippen LogP contribution in [0.5, 0.6) is 0 Å². The van der Waals surface area contributed by atoms with Crippen molar-refractivity contribution in [2.24, 2.45) is 0 Å². The van der Waals surface area contributed by atoms with Gasteiger partial charge in [-0.2, -0.15) is 0 Å². The number of pyridine rings is 1. The third kappa shape index (κ3) is 4.17. The van der Waals surface area contributed by atoms with Gasteiger partial charge in [0.25, 0.3) is 5.91 Å². The Morgan fingerprint density at radius 3 is 2.56 bits per heavy atom. The van der Waals surface area contributed by atoms with E-state index in [1.54, 1.807) is 18.3 Å². The van der Waals surface area contributed by atoms with Crippen molar-refractivity contribution in [1.82, 2.24) is 4.98 Å². The zero-order valence-corrected chi connectivity index (χ0v) is 14.8. The molecule has 0 radical (unpaired) electrons. The number of rotatable bonds is 4.